The number of para-hydroxylation sites is 1. The lowest BCUT2D eigenvalue weighted by molar-refractivity contribution is -0.114. The summed E-state index contributed by atoms with van der Waals surface area (Å²) in [7, 11) is -5.90. The smallest absolute Gasteiger partial charge is 0.437 e. The molecule has 0 unspecified atom stereocenters. The zero-order valence-electron chi connectivity index (χ0n) is 18.0. The van der Waals surface area contributed by atoms with E-state index < -0.39 is 21.4 Å². The van der Waals surface area contributed by atoms with Gasteiger partial charge in [-0.15, -0.1) is 0 Å². The van der Waals surface area contributed by atoms with Crippen molar-refractivity contribution in [2.75, 3.05) is 5.32 Å². The Labute approximate surface area is 200 Å². The molecular formula is C21H15F3N4O5S2. The molecule has 35 heavy (non-hydrogen) atoms. The highest BCUT2D eigenvalue weighted by molar-refractivity contribution is 7.88. The third kappa shape index (κ3) is 5.33. The second-order valence-electron chi connectivity index (χ2n) is 7.13. The molecule has 14 heteroatoms. The fourth-order valence-corrected chi connectivity index (χ4v) is 4.34. The van der Waals surface area contributed by atoms with Gasteiger partial charge in [-0.05, 0) is 36.8 Å². The van der Waals surface area contributed by atoms with Crippen LogP contribution in [0.25, 0.3) is 21.5 Å². The lowest BCUT2D eigenvalue weighted by Crippen LogP contribution is -2.28. The Bertz CT molecular complexity index is 1540. The van der Waals surface area contributed by atoms with Crippen LogP contribution in [0.15, 0.2) is 48.8 Å². The number of ether oxygens (including phenoxy) is 1. The Morgan fingerprint density at radius 3 is 2.57 bits per heavy atom. The van der Waals surface area contributed by atoms with Crippen molar-refractivity contribution < 1.29 is 35.3 Å². The number of carbonyl (C=O) groups excluding carboxylic acids is 1. The van der Waals surface area contributed by atoms with Gasteiger partial charge in [0.25, 0.3) is 0 Å². The molecule has 0 atom stereocenters. The molecule has 4 rings (SSSR count). The van der Waals surface area contributed by atoms with Crippen LogP contribution in [0.1, 0.15) is 12.5 Å². The second-order valence-corrected chi connectivity index (χ2v) is 9.70. The quantitative estimate of drug-likeness (QED) is 0.275. The van der Waals surface area contributed by atoms with E-state index in [9.17, 15) is 26.4 Å². The standard InChI is InChI=1S/C21H15F3N4O5S2/c1-11-6-7-13(16(8-11)33-35(30,31)21(22,23)24)14-9-18(26-10-25-14)32-15-4-3-5-17-19(15)28-20(34-17)27-12(2)29/h3-10H,1-2H3,(H,27,28,29). The number of nitrogens with zero attached hydrogens (tertiary/aromatic N) is 3. The highest BCUT2D eigenvalue weighted by Gasteiger charge is 2.48. The number of rotatable bonds is 6. The fourth-order valence-electron chi connectivity index (χ4n) is 2.94. The maximum atomic E-state index is 12.9. The van der Waals surface area contributed by atoms with Crippen LogP contribution in [-0.4, -0.2) is 34.8 Å². The molecule has 2 aromatic carbocycles. The summed E-state index contributed by atoms with van der Waals surface area (Å²) in [5, 5.41) is 2.97. The topological polar surface area (TPSA) is 120 Å². The van der Waals surface area contributed by atoms with Gasteiger partial charge >= 0.3 is 15.6 Å². The van der Waals surface area contributed by atoms with Gasteiger partial charge in [-0.25, -0.2) is 15.0 Å². The van der Waals surface area contributed by atoms with Crippen molar-refractivity contribution in [3.8, 4) is 28.6 Å². The number of benzene rings is 2. The van der Waals surface area contributed by atoms with E-state index in [1.165, 1.54) is 30.4 Å². The van der Waals surface area contributed by atoms with E-state index in [1.807, 2.05) is 0 Å². The molecule has 0 fully saturated rings. The third-order valence-electron chi connectivity index (χ3n) is 4.42. The molecule has 9 nitrogen and oxygen atoms in total. The SMILES string of the molecule is CC(=O)Nc1nc2c(Oc3cc(-c4ccc(C)cc4OS(=O)(=O)C(F)(F)F)ncn3)cccc2s1. The second kappa shape index (κ2) is 9.11. The van der Waals surface area contributed by atoms with Gasteiger partial charge in [-0.1, -0.05) is 23.5 Å². The third-order valence-corrected chi connectivity index (χ3v) is 6.32. The molecule has 0 aliphatic heterocycles. The summed E-state index contributed by atoms with van der Waals surface area (Å²) in [5.41, 5.74) is -4.63. The molecular weight excluding hydrogens is 509 g/mol. The lowest BCUT2D eigenvalue weighted by atomic mass is 10.1. The van der Waals surface area contributed by atoms with Gasteiger partial charge in [0.2, 0.25) is 11.8 Å². The summed E-state index contributed by atoms with van der Waals surface area (Å²) in [6.45, 7) is 2.92. The predicted molar refractivity (Wildman–Crippen MR) is 122 cm³/mol. The van der Waals surface area contributed by atoms with Crippen LogP contribution in [0.2, 0.25) is 0 Å². The first-order chi connectivity index (χ1) is 16.4. The van der Waals surface area contributed by atoms with E-state index in [4.69, 9.17) is 4.74 Å². The molecule has 0 radical (unpaired) electrons. The maximum absolute atomic E-state index is 12.9. The maximum Gasteiger partial charge on any atom is 0.534 e. The zero-order valence-corrected chi connectivity index (χ0v) is 19.6. The van der Waals surface area contributed by atoms with Crippen LogP contribution in [0.4, 0.5) is 18.3 Å². The highest BCUT2D eigenvalue weighted by Crippen LogP contribution is 2.37. The first-order valence-corrected chi connectivity index (χ1v) is 11.9. The van der Waals surface area contributed by atoms with Gasteiger partial charge < -0.3 is 14.2 Å². The number of carbonyl (C=O) groups is 1. The molecule has 2 aromatic heterocycles. The van der Waals surface area contributed by atoms with Crippen LogP contribution in [0.5, 0.6) is 17.4 Å². The molecule has 0 saturated heterocycles. The van der Waals surface area contributed by atoms with Crippen LogP contribution in [0, 0.1) is 6.92 Å². The first kappa shape index (κ1) is 24.3. The van der Waals surface area contributed by atoms with Crippen molar-refractivity contribution in [2.24, 2.45) is 0 Å². The molecule has 0 saturated carbocycles. The van der Waals surface area contributed by atoms with Crippen molar-refractivity contribution in [3.63, 3.8) is 0 Å². The number of thiazole rings is 1. The number of alkyl halides is 3. The Hall–Kier alpha value is -3.78. The molecule has 1 N–H and O–H groups in total. The number of hydrogen-bond acceptors (Lipinski definition) is 9. The minimum absolute atomic E-state index is 0.0155. The molecule has 0 aliphatic carbocycles. The number of aryl methyl sites for hydroxylation is 1. The van der Waals surface area contributed by atoms with Gasteiger partial charge in [0.05, 0.1) is 10.4 Å². The average molecular weight is 525 g/mol. The Morgan fingerprint density at radius 2 is 1.86 bits per heavy atom. The monoisotopic (exact) mass is 524 g/mol. The number of amides is 1. The van der Waals surface area contributed by atoms with E-state index in [2.05, 4.69) is 24.5 Å². The summed E-state index contributed by atoms with van der Waals surface area (Å²) in [6.07, 6.45) is 1.11. The van der Waals surface area contributed by atoms with Gasteiger partial charge in [-0.2, -0.15) is 21.6 Å². The van der Waals surface area contributed by atoms with Crippen LogP contribution >= 0.6 is 11.3 Å². The molecule has 1 amide bonds. The Morgan fingerprint density at radius 1 is 1.09 bits per heavy atom. The fraction of sp³-hybridized carbons (Fsp3) is 0.143. The van der Waals surface area contributed by atoms with Crippen LogP contribution in [-0.2, 0) is 14.9 Å². The van der Waals surface area contributed by atoms with Crippen molar-refractivity contribution in [2.45, 2.75) is 19.4 Å². The van der Waals surface area contributed by atoms with Crippen LogP contribution < -0.4 is 14.2 Å². The van der Waals surface area contributed by atoms with E-state index in [0.717, 1.165) is 17.1 Å². The Balaban J connectivity index is 1.70. The van der Waals surface area contributed by atoms with Gasteiger partial charge in [0.1, 0.15) is 11.8 Å². The van der Waals surface area contributed by atoms with Crippen molar-refractivity contribution in [1.82, 2.24) is 15.0 Å². The number of aromatic nitrogens is 3. The van der Waals surface area contributed by atoms with Crippen LogP contribution in [0.3, 0.4) is 0 Å². The minimum atomic E-state index is -5.90. The molecule has 2 heterocycles. The van der Waals surface area contributed by atoms with Gasteiger partial charge in [0, 0.05) is 18.6 Å². The largest absolute Gasteiger partial charge is 0.534 e. The van der Waals surface area contributed by atoms with Crippen molar-refractivity contribution in [3.05, 3.63) is 54.4 Å². The summed E-state index contributed by atoms with van der Waals surface area (Å²) in [6, 6.07) is 10.5. The summed E-state index contributed by atoms with van der Waals surface area (Å²) < 4.78 is 72.7. The zero-order chi connectivity index (χ0) is 25.4. The van der Waals surface area contributed by atoms with E-state index in [0.29, 0.717) is 22.0 Å². The molecule has 0 aliphatic rings. The normalized spacial score (nSPS) is 11.9. The first-order valence-electron chi connectivity index (χ1n) is 9.72. The van der Waals surface area contributed by atoms with Gasteiger partial charge in [-0.3, -0.25) is 4.79 Å². The van der Waals surface area contributed by atoms with E-state index >= 15 is 0 Å². The summed E-state index contributed by atoms with van der Waals surface area (Å²) in [5.74, 6) is -0.508. The summed E-state index contributed by atoms with van der Waals surface area (Å²) >= 11 is 1.24. The average Bonchev–Trinajstić information content (AvgIpc) is 3.16. The van der Waals surface area contributed by atoms with E-state index in [1.54, 1.807) is 31.2 Å². The minimum Gasteiger partial charge on any atom is -0.437 e. The molecule has 0 spiro atoms. The Kier molecular flexibility index (Phi) is 6.34. The summed E-state index contributed by atoms with van der Waals surface area (Å²) in [4.78, 5) is 23.7. The number of halogens is 3. The van der Waals surface area contributed by atoms with Gasteiger partial charge in [0.15, 0.2) is 16.6 Å². The van der Waals surface area contributed by atoms with Crippen molar-refractivity contribution in [1.29, 1.82) is 0 Å². The lowest BCUT2D eigenvalue weighted by Gasteiger charge is -2.14. The number of fused-ring (bicyclic) bond motifs is 1. The number of hydrogen-bond donors (Lipinski definition) is 1. The van der Waals surface area contributed by atoms with E-state index in [-0.39, 0.29) is 23.0 Å². The molecule has 0 bridgehead atoms. The molecule has 4 aromatic rings. The number of nitrogens with one attached hydrogen (secondary N) is 1. The van der Waals surface area contributed by atoms with Crippen molar-refractivity contribution >= 4 is 42.7 Å². The highest BCUT2D eigenvalue weighted by atomic mass is 32.2. The number of anilines is 1. The predicted octanol–water partition coefficient (Wildman–Crippen LogP) is 5.04. The molecule has 182 valence electrons.